The molecule has 0 fully saturated rings. The number of hydrogen-bond donors (Lipinski definition) is 1. The molecule has 0 aromatic heterocycles. The highest BCUT2D eigenvalue weighted by atomic mass is 35.5. The molecule has 1 rings (SSSR count). The van der Waals surface area contributed by atoms with Crippen LogP contribution in [0.5, 0.6) is 0 Å². The van der Waals surface area contributed by atoms with E-state index in [0.29, 0.717) is 23.0 Å². The summed E-state index contributed by atoms with van der Waals surface area (Å²) in [5.74, 6) is -0.836. The molecule has 0 amide bonds. The van der Waals surface area contributed by atoms with Gasteiger partial charge in [-0.15, -0.1) is 0 Å². The van der Waals surface area contributed by atoms with Gasteiger partial charge in [0.25, 0.3) is 0 Å². The van der Waals surface area contributed by atoms with Crippen molar-refractivity contribution in [1.82, 2.24) is 0 Å². The SMILES string of the molecule is CCCN(c1ccc(Cl)cc1Cl)[C@@H](CC)C(=O)O. The fraction of sp³-hybridized carbons (Fsp3) is 0.462. The molecule has 0 unspecified atom stereocenters. The molecule has 100 valence electrons. The molecule has 0 aliphatic heterocycles. The summed E-state index contributed by atoms with van der Waals surface area (Å²) >= 11 is 12.0. The van der Waals surface area contributed by atoms with Crippen molar-refractivity contribution < 1.29 is 9.90 Å². The number of aliphatic carboxylic acids is 1. The molecule has 0 saturated heterocycles. The van der Waals surface area contributed by atoms with Crippen LogP contribution in [0.3, 0.4) is 0 Å². The summed E-state index contributed by atoms with van der Waals surface area (Å²) in [5, 5.41) is 10.3. The zero-order valence-corrected chi connectivity index (χ0v) is 12.0. The Hall–Kier alpha value is -0.930. The summed E-state index contributed by atoms with van der Waals surface area (Å²) in [6.07, 6.45) is 1.37. The molecule has 0 bridgehead atoms. The highest BCUT2D eigenvalue weighted by molar-refractivity contribution is 6.36. The highest BCUT2D eigenvalue weighted by Crippen LogP contribution is 2.30. The normalized spacial score (nSPS) is 12.2. The lowest BCUT2D eigenvalue weighted by Gasteiger charge is -2.30. The number of halogens is 2. The van der Waals surface area contributed by atoms with Gasteiger partial charge in [-0.2, -0.15) is 0 Å². The number of carbonyl (C=O) groups is 1. The summed E-state index contributed by atoms with van der Waals surface area (Å²) < 4.78 is 0. The lowest BCUT2D eigenvalue weighted by Crippen LogP contribution is -2.41. The van der Waals surface area contributed by atoms with Crippen LogP contribution in [0.4, 0.5) is 5.69 Å². The minimum atomic E-state index is -0.836. The number of carboxylic acid groups (broad SMARTS) is 1. The van der Waals surface area contributed by atoms with Crippen LogP contribution in [0, 0.1) is 0 Å². The zero-order chi connectivity index (χ0) is 13.7. The lowest BCUT2D eigenvalue weighted by atomic mass is 10.1. The number of benzene rings is 1. The van der Waals surface area contributed by atoms with Gasteiger partial charge in [0.15, 0.2) is 0 Å². The van der Waals surface area contributed by atoms with Crippen LogP contribution in [-0.2, 0) is 4.79 Å². The quantitative estimate of drug-likeness (QED) is 0.858. The number of carboxylic acids is 1. The molecular weight excluding hydrogens is 273 g/mol. The monoisotopic (exact) mass is 289 g/mol. The third kappa shape index (κ3) is 3.53. The van der Waals surface area contributed by atoms with E-state index < -0.39 is 12.0 Å². The third-order valence-electron chi connectivity index (χ3n) is 2.73. The zero-order valence-electron chi connectivity index (χ0n) is 10.5. The van der Waals surface area contributed by atoms with E-state index >= 15 is 0 Å². The second-order valence-corrected chi connectivity index (χ2v) is 4.90. The molecule has 1 aromatic rings. The first-order valence-corrected chi connectivity index (χ1v) is 6.71. The third-order valence-corrected chi connectivity index (χ3v) is 3.27. The average Bonchev–Trinajstić information content (AvgIpc) is 2.28. The maximum absolute atomic E-state index is 11.3. The van der Waals surface area contributed by atoms with Gasteiger partial charge >= 0.3 is 5.97 Å². The number of rotatable bonds is 6. The maximum atomic E-state index is 11.3. The second-order valence-electron chi connectivity index (χ2n) is 4.05. The molecule has 1 N–H and O–H groups in total. The average molecular weight is 290 g/mol. The van der Waals surface area contributed by atoms with Crippen LogP contribution in [-0.4, -0.2) is 23.7 Å². The molecule has 0 saturated carbocycles. The Morgan fingerprint density at radius 1 is 1.39 bits per heavy atom. The molecule has 0 spiro atoms. The van der Waals surface area contributed by atoms with Crippen molar-refractivity contribution in [2.24, 2.45) is 0 Å². The molecule has 1 aromatic carbocycles. The Morgan fingerprint density at radius 2 is 2.06 bits per heavy atom. The van der Waals surface area contributed by atoms with E-state index in [9.17, 15) is 9.90 Å². The van der Waals surface area contributed by atoms with E-state index in [1.54, 1.807) is 18.2 Å². The Labute approximate surface area is 117 Å². The molecule has 1 atom stereocenters. The molecule has 5 heteroatoms. The molecule has 0 aliphatic rings. The van der Waals surface area contributed by atoms with E-state index in [2.05, 4.69) is 0 Å². The maximum Gasteiger partial charge on any atom is 0.326 e. The van der Waals surface area contributed by atoms with E-state index in [-0.39, 0.29) is 0 Å². The van der Waals surface area contributed by atoms with Gasteiger partial charge in [-0.1, -0.05) is 37.0 Å². The van der Waals surface area contributed by atoms with Gasteiger partial charge in [-0.3, -0.25) is 0 Å². The molecule has 3 nitrogen and oxygen atoms in total. The number of anilines is 1. The van der Waals surface area contributed by atoms with Crippen LogP contribution in [0.25, 0.3) is 0 Å². The second kappa shape index (κ2) is 6.86. The van der Waals surface area contributed by atoms with Crippen molar-refractivity contribution in [3.8, 4) is 0 Å². The summed E-state index contributed by atoms with van der Waals surface area (Å²) in [6.45, 7) is 4.50. The first kappa shape index (κ1) is 15.1. The van der Waals surface area contributed by atoms with Crippen molar-refractivity contribution in [2.75, 3.05) is 11.4 Å². The highest BCUT2D eigenvalue weighted by Gasteiger charge is 2.24. The van der Waals surface area contributed by atoms with Crippen LogP contribution >= 0.6 is 23.2 Å². The molecule has 0 aliphatic carbocycles. The summed E-state index contributed by atoms with van der Waals surface area (Å²) in [5.41, 5.74) is 0.720. The van der Waals surface area contributed by atoms with E-state index in [4.69, 9.17) is 23.2 Å². The van der Waals surface area contributed by atoms with Crippen LogP contribution < -0.4 is 4.90 Å². The molecular formula is C13H17Cl2NO2. The summed E-state index contributed by atoms with van der Waals surface area (Å²) in [6, 6.07) is 4.56. The Balaban J connectivity index is 3.14. The smallest absolute Gasteiger partial charge is 0.326 e. The summed E-state index contributed by atoms with van der Waals surface area (Å²) in [4.78, 5) is 13.1. The molecule has 0 heterocycles. The largest absolute Gasteiger partial charge is 0.480 e. The number of nitrogens with zero attached hydrogens (tertiary/aromatic N) is 1. The van der Waals surface area contributed by atoms with E-state index in [1.807, 2.05) is 18.7 Å². The summed E-state index contributed by atoms with van der Waals surface area (Å²) in [7, 11) is 0. The van der Waals surface area contributed by atoms with Crippen molar-refractivity contribution in [3.05, 3.63) is 28.2 Å². The van der Waals surface area contributed by atoms with Gasteiger partial charge in [0, 0.05) is 11.6 Å². The van der Waals surface area contributed by atoms with Gasteiger partial charge in [0.05, 0.1) is 10.7 Å². The van der Waals surface area contributed by atoms with E-state index in [1.165, 1.54) is 0 Å². The van der Waals surface area contributed by atoms with Crippen LogP contribution in [0.2, 0.25) is 10.0 Å². The Morgan fingerprint density at radius 3 is 2.50 bits per heavy atom. The van der Waals surface area contributed by atoms with E-state index in [0.717, 1.165) is 12.1 Å². The van der Waals surface area contributed by atoms with Crippen LogP contribution in [0.1, 0.15) is 26.7 Å². The molecule has 18 heavy (non-hydrogen) atoms. The predicted molar refractivity (Wildman–Crippen MR) is 75.8 cm³/mol. The van der Waals surface area contributed by atoms with Crippen molar-refractivity contribution in [1.29, 1.82) is 0 Å². The standard InChI is InChI=1S/C13H17Cl2NO2/c1-3-7-16(11(4-2)13(17)18)12-6-5-9(14)8-10(12)15/h5-6,8,11H,3-4,7H2,1-2H3,(H,17,18)/t11-/m0/s1. The van der Waals surface area contributed by atoms with Crippen molar-refractivity contribution in [2.45, 2.75) is 32.7 Å². The Kier molecular flexibility index (Phi) is 5.76. The van der Waals surface area contributed by atoms with Gasteiger partial charge < -0.3 is 10.0 Å². The van der Waals surface area contributed by atoms with Gasteiger partial charge in [0.2, 0.25) is 0 Å². The topological polar surface area (TPSA) is 40.5 Å². The van der Waals surface area contributed by atoms with Gasteiger partial charge in [0.1, 0.15) is 6.04 Å². The minimum absolute atomic E-state index is 0.482. The van der Waals surface area contributed by atoms with Crippen molar-refractivity contribution >= 4 is 34.9 Å². The van der Waals surface area contributed by atoms with Crippen molar-refractivity contribution in [3.63, 3.8) is 0 Å². The minimum Gasteiger partial charge on any atom is -0.480 e. The lowest BCUT2D eigenvalue weighted by molar-refractivity contribution is -0.138. The van der Waals surface area contributed by atoms with Gasteiger partial charge in [-0.05, 0) is 31.0 Å². The molecule has 0 radical (unpaired) electrons. The first-order chi connectivity index (χ1) is 8.51. The fourth-order valence-corrected chi connectivity index (χ4v) is 2.44. The first-order valence-electron chi connectivity index (χ1n) is 5.95. The Bertz CT molecular complexity index is 423. The van der Waals surface area contributed by atoms with Gasteiger partial charge in [-0.25, -0.2) is 4.79 Å². The number of hydrogen-bond acceptors (Lipinski definition) is 2. The fourth-order valence-electron chi connectivity index (χ4n) is 1.93. The van der Waals surface area contributed by atoms with Crippen LogP contribution in [0.15, 0.2) is 18.2 Å². The predicted octanol–water partition coefficient (Wildman–Crippen LogP) is 4.07.